The van der Waals surface area contributed by atoms with E-state index in [1.165, 1.54) is 0 Å². The molecule has 1 heterocycles. The van der Waals surface area contributed by atoms with E-state index in [0.29, 0.717) is 17.1 Å². The van der Waals surface area contributed by atoms with E-state index >= 15 is 0 Å². The van der Waals surface area contributed by atoms with Gasteiger partial charge in [-0.15, -0.1) is 0 Å². The molecule has 0 N–H and O–H groups in total. The average Bonchev–Trinajstić information content (AvgIpc) is 2.08. The Hall–Kier alpha value is -0.890. The van der Waals surface area contributed by atoms with Crippen LogP contribution in [0.4, 0.5) is 0 Å². The third-order valence-electron chi connectivity index (χ3n) is 1.57. The van der Waals surface area contributed by atoms with Gasteiger partial charge in [-0.1, -0.05) is 18.5 Å². The van der Waals surface area contributed by atoms with Crippen LogP contribution in [0.25, 0.3) is 0 Å². The van der Waals surface area contributed by atoms with Crippen LogP contribution in [-0.2, 0) is 0 Å². The monoisotopic (exact) mass is 183 g/mol. The summed E-state index contributed by atoms with van der Waals surface area (Å²) in [6.07, 6.45) is 0.441. The van der Waals surface area contributed by atoms with E-state index in [-0.39, 0.29) is 5.78 Å². The second-order valence-corrected chi connectivity index (χ2v) is 2.97. The number of aromatic nitrogens is 1. The lowest BCUT2D eigenvalue weighted by Gasteiger charge is -2.00. The summed E-state index contributed by atoms with van der Waals surface area (Å²) in [5.74, 6) is -0.0105. The topological polar surface area (TPSA) is 30.0 Å². The highest BCUT2D eigenvalue weighted by Crippen LogP contribution is 2.15. The van der Waals surface area contributed by atoms with E-state index < -0.39 is 0 Å². The number of nitrogens with zero attached hydrogens (tertiary/aromatic N) is 1. The quantitative estimate of drug-likeness (QED) is 0.660. The molecular formula is C9H10ClNO. The lowest BCUT2D eigenvalue weighted by molar-refractivity contribution is 0.0983. The van der Waals surface area contributed by atoms with Gasteiger partial charge < -0.3 is 0 Å². The van der Waals surface area contributed by atoms with Crippen molar-refractivity contribution in [2.45, 2.75) is 20.3 Å². The second-order valence-electron chi connectivity index (χ2n) is 2.56. The van der Waals surface area contributed by atoms with Crippen molar-refractivity contribution in [3.63, 3.8) is 0 Å². The molecule has 0 aliphatic heterocycles. The highest BCUT2D eigenvalue weighted by Gasteiger charge is 2.09. The van der Waals surface area contributed by atoms with Gasteiger partial charge in [-0.25, -0.2) is 4.98 Å². The van der Waals surface area contributed by atoms with Crippen LogP contribution in [-0.4, -0.2) is 10.8 Å². The fourth-order valence-electron chi connectivity index (χ4n) is 0.903. The summed E-state index contributed by atoms with van der Waals surface area (Å²) in [4.78, 5) is 15.3. The Labute approximate surface area is 76.6 Å². The van der Waals surface area contributed by atoms with Gasteiger partial charge in [-0.2, -0.15) is 0 Å². The van der Waals surface area contributed by atoms with E-state index in [4.69, 9.17) is 11.6 Å². The first-order valence-electron chi connectivity index (χ1n) is 3.81. The molecule has 0 radical (unpaired) electrons. The molecule has 0 saturated carbocycles. The third-order valence-corrected chi connectivity index (χ3v) is 1.88. The fourth-order valence-corrected chi connectivity index (χ4v) is 1.11. The number of aryl methyl sites for hydroxylation is 1. The van der Waals surface area contributed by atoms with Crippen molar-refractivity contribution in [2.24, 2.45) is 0 Å². The number of carbonyl (C=O) groups excluding carboxylic acids is 1. The first kappa shape index (κ1) is 9.20. The van der Waals surface area contributed by atoms with Crippen LogP contribution in [0.5, 0.6) is 0 Å². The zero-order valence-corrected chi connectivity index (χ0v) is 7.85. The van der Waals surface area contributed by atoms with Crippen LogP contribution >= 0.6 is 11.6 Å². The summed E-state index contributed by atoms with van der Waals surface area (Å²) < 4.78 is 0. The molecule has 0 bridgehead atoms. The molecule has 0 saturated heterocycles. The van der Waals surface area contributed by atoms with Gasteiger partial charge in [0.1, 0.15) is 5.69 Å². The van der Waals surface area contributed by atoms with Gasteiger partial charge in [0.2, 0.25) is 0 Å². The number of halogens is 1. The van der Waals surface area contributed by atoms with Crippen LogP contribution < -0.4 is 0 Å². The number of hydrogen-bond donors (Lipinski definition) is 0. The highest BCUT2D eigenvalue weighted by molar-refractivity contribution is 6.33. The van der Waals surface area contributed by atoms with Crippen molar-refractivity contribution >= 4 is 17.4 Å². The van der Waals surface area contributed by atoms with Crippen molar-refractivity contribution in [3.05, 3.63) is 28.5 Å². The van der Waals surface area contributed by atoms with Crippen molar-refractivity contribution in [3.8, 4) is 0 Å². The van der Waals surface area contributed by atoms with Crippen molar-refractivity contribution in [2.75, 3.05) is 0 Å². The Balaban J connectivity index is 3.13. The molecule has 2 nitrogen and oxygen atoms in total. The molecule has 0 fully saturated rings. The van der Waals surface area contributed by atoms with Gasteiger partial charge in [-0.05, 0) is 19.1 Å². The molecular weight excluding hydrogens is 174 g/mol. The normalized spacial score (nSPS) is 9.92. The maximum absolute atomic E-state index is 11.2. The smallest absolute Gasteiger partial charge is 0.182 e. The summed E-state index contributed by atoms with van der Waals surface area (Å²) >= 11 is 5.79. The summed E-state index contributed by atoms with van der Waals surface area (Å²) in [5, 5.41) is 0.437. The van der Waals surface area contributed by atoms with E-state index in [2.05, 4.69) is 4.98 Å². The minimum atomic E-state index is -0.0105. The predicted octanol–water partition coefficient (Wildman–Crippen LogP) is 2.64. The molecule has 0 amide bonds. The number of Topliss-reactive ketones (excluding diaryl/α,β-unsaturated/α-hetero) is 1. The first-order valence-corrected chi connectivity index (χ1v) is 4.19. The number of pyridine rings is 1. The molecule has 1 rings (SSSR count). The summed E-state index contributed by atoms with van der Waals surface area (Å²) in [6, 6.07) is 3.49. The molecule has 0 atom stereocenters. The van der Waals surface area contributed by atoms with Gasteiger partial charge >= 0.3 is 0 Å². The molecule has 64 valence electrons. The maximum Gasteiger partial charge on any atom is 0.182 e. The molecule has 0 aliphatic rings. The van der Waals surface area contributed by atoms with Gasteiger partial charge in [0.25, 0.3) is 0 Å². The summed E-state index contributed by atoms with van der Waals surface area (Å²) in [7, 11) is 0. The lowest BCUT2D eigenvalue weighted by Crippen LogP contribution is -2.02. The summed E-state index contributed by atoms with van der Waals surface area (Å²) in [6.45, 7) is 3.63. The lowest BCUT2D eigenvalue weighted by atomic mass is 10.2. The van der Waals surface area contributed by atoms with Crippen LogP contribution in [0.3, 0.4) is 0 Å². The van der Waals surface area contributed by atoms with Gasteiger partial charge in [-0.3, -0.25) is 4.79 Å². The molecule has 1 aromatic heterocycles. The van der Waals surface area contributed by atoms with E-state index in [0.717, 1.165) is 5.69 Å². The van der Waals surface area contributed by atoms with Crippen LogP contribution in [0.15, 0.2) is 12.1 Å². The standard InChI is InChI=1S/C9H10ClNO/c1-3-8(12)9-7(10)5-4-6(2)11-9/h4-5H,3H2,1-2H3. The minimum Gasteiger partial charge on any atom is -0.292 e. The Kier molecular flexibility index (Phi) is 2.82. The maximum atomic E-state index is 11.2. The SMILES string of the molecule is CCC(=O)c1nc(C)ccc1Cl. The van der Waals surface area contributed by atoms with Crippen LogP contribution in [0.1, 0.15) is 29.5 Å². The van der Waals surface area contributed by atoms with Crippen molar-refractivity contribution in [1.29, 1.82) is 0 Å². The Morgan fingerprint density at radius 2 is 2.25 bits per heavy atom. The largest absolute Gasteiger partial charge is 0.292 e. The molecule has 0 aliphatic carbocycles. The Morgan fingerprint density at radius 1 is 1.58 bits per heavy atom. The fraction of sp³-hybridized carbons (Fsp3) is 0.333. The van der Waals surface area contributed by atoms with Crippen molar-refractivity contribution in [1.82, 2.24) is 4.98 Å². The zero-order valence-electron chi connectivity index (χ0n) is 7.10. The zero-order chi connectivity index (χ0) is 9.14. The molecule has 1 aromatic rings. The molecule has 0 spiro atoms. The van der Waals surface area contributed by atoms with Gasteiger partial charge in [0, 0.05) is 12.1 Å². The van der Waals surface area contributed by atoms with Crippen LogP contribution in [0.2, 0.25) is 5.02 Å². The second kappa shape index (κ2) is 3.68. The predicted molar refractivity (Wildman–Crippen MR) is 48.6 cm³/mol. The average molecular weight is 184 g/mol. The molecule has 0 unspecified atom stereocenters. The first-order chi connectivity index (χ1) is 5.65. The number of hydrogen-bond acceptors (Lipinski definition) is 2. The van der Waals surface area contributed by atoms with Gasteiger partial charge in [0.15, 0.2) is 5.78 Å². The summed E-state index contributed by atoms with van der Waals surface area (Å²) in [5.41, 5.74) is 1.20. The molecule has 0 aromatic carbocycles. The number of carbonyl (C=O) groups is 1. The molecule has 12 heavy (non-hydrogen) atoms. The van der Waals surface area contributed by atoms with Crippen molar-refractivity contribution < 1.29 is 4.79 Å². The van der Waals surface area contributed by atoms with Crippen LogP contribution in [0, 0.1) is 6.92 Å². The Morgan fingerprint density at radius 3 is 2.83 bits per heavy atom. The number of rotatable bonds is 2. The van der Waals surface area contributed by atoms with E-state index in [1.807, 2.05) is 6.92 Å². The highest BCUT2D eigenvalue weighted by atomic mass is 35.5. The Bertz CT molecular complexity index is 309. The molecule has 3 heteroatoms. The third kappa shape index (κ3) is 1.83. The number of ketones is 1. The van der Waals surface area contributed by atoms with Gasteiger partial charge in [0.05, 0.1) is 5.02 Å². The minimum absolute atomic E-state index is 0.0105. The van der Waals surface area contributed by atoms with E-state index in [9.17, 15) is 4.79 Å². The van der Waals surface area contributed by atoms with E-state index in [1.54, 1.807) is 19.1 Å².